The highest BCUT2D eigenvalue weighted by molar-refractivity contribution is 14.0. The van der Waals surface area contributed by atoms with Gasteiger partial charge in [0.25, 0.3) is 0 Å². The van der Waals surface area contributed by atoms with Gasteiger partial charge in [0.1, 0.15) is 5.75 Å². The Morgan fingerprint density at radius 2 is 2.04 bits per heavy atom. The highest BCUT2D eigenvalue weighted by Gasteiger charge is 1.97. The Labute approximate surface area is 160 Å². The van der Waals surface area contributed by atoms with Crippen molar-refractivity contribution in [3.05, 3.63) is 48.8 Å². The number of benzene rings is 1. The van der Waals surface area contributed by atoms with Gasteiger partial charge in [-0.05, 0) is 25.1 Å². The van der Waals surface area contributed by atoms with Gasteiger partial charge < -0.3 is 15.4 Å². The molecule has 0 fully saturated rings. The number of guanidine groups is 1. The zero-order valence-electron chi connectivity index (χ0n) is 14.0. The molecule has 0 aliphatic carbocycles. The number of halogens is 1. The molecule has 7 heteroatoms. The van der Waals surface area contributed by atoms with E-state index >= 15 is 0 Å². The molecule has 0 spiro atoms. The van der Waals surface area contributed by atoms with Crippen LogP contribution in [0.3, 0.4) is 0 Å². The van der Waals surface area contributed by atoms with E-state index in [9.17, 15) is 0 Å². The van der Waals surface area contributed by atoms with Crippen LogP contribution in [0.4, 0.5) is 0 Å². The van der Waals surface area contributed by atoms with Crippen LogP contribution in [-0.4, -0.2) is 42.0 Å². The predicted octanol–water partition coefficient (Wildman–Crippen LogP) is 2.53. The molecule has 6 nitrogen and oxygen atoms in total. The maximum atomic E-state index is 5.66. The van der Waals surface area contributed by atoms with Crippen LogP contribution in [-0.2, 0) is 6.54 Å². The maximum absolute atomic E-state index is 5.66. The summed E-state index contributed by atoms with van der Waals surface area (Å²) in [6, 6.07) is 11.8. The minimum Gasteiger partial charge on any atom is -0.494 e. The van der Waals surface area contributed by atoms with Gasteiger partial charge in [-0.3, -0.25) is 9.67 Å². The topological polar surface area (TPSA) is 63.5 Å². The molecular formula is C17H26IN5O. The van der Waals surface area contributed by atoms with Crippen molar-refractivity contribution >= 4 is 29.9 Å². The van der Waals surface area contributed by atoms with Crippen molar-refractivity contribution in [2.75, 3.05) is 26.2 Å². The third-order valence-electron chi connectivity index (χ3n) is 3.12. The lowest BCUT2D eigenvalue weighted by molar-refractivity contribution is 0.313. The van der Waals surface area contributed by atoms with E-state index in [2.05, 4.69) is 27.6 Å². The molecule has 2 N–H and O–H groups in total. The van der Waals surface area contributed by atoms with Gasteiger partial charge in [0, 0.05) is 38.4 Å². The normalized spacial score (nSPS) is 10.8. The molecule has 0 saturated heterocycles. The first-order valence-electron chi connectivity index (χ1n) is 8.06. The van der Waals surface area contributed by atoms with Crippen molar-refractivity contribution in [3.63, 3.8) is 0 Å². The summed E-state index contributed by atoms with van der Waals surface area (Å²) in [6.07, 6.45) is 4.61. The van der Waals surface area contributed by atoms with Gasteiger partial charge in [-0.25, -0.2) is 0 Å². The largest absolute Gasteiger partial charge is 0.494 e. The summed E-state index contributed by atoms with van der Waals surface area (Å²) in [5.41, 5.74) is 0. The summed E-state index contributed by atoms with van der Waals surface area (Å²) in [5.74, 6) is 1.74. The first kappa shape index (κ1) is 20.3. The second-order valence-corrected chi connectivity index (χ2v) is 4.97. The number of nitrogens with one attached hydrogen (secondary N) is 2. The summed E-state index contributed by atoms with van der Waals surface area (Å²) in [5, 5.41) is 10.7. The highest BCUT2D eigenvalue weighted by Crippen LogP contribution is 2.08. The Morgan fingerprint density at radius 1 is 1.21 bits per heavy atom. The van der Waals surface area contributed by atoms with Crippen molar-refractivity contribution in [1.82, 2.24) is 20.4 Å². The van der Waals surface area contributed by atoms with Crippen LogP contribution in [0.2, 0.25) is 0 Å². The van der Waals surface area contributed by atoms with Gasteiger partial charge in [0.2, 0.25) is 0 Å². The van der Waals surface area contributed by atoms with Crippen LogP contribution < -0.4 is 15.4 Å². The van der Waals surface area contributed by atoms with Gasteiger partial charge in [-0.2, -0.15) is 5.10 Å². The molecule has 0 radical (unpaired) electrons. The van der Waals surface area contributed by atoms with Crippen molar-refractivity contribution < 1.29 is 4.74 Å². The third-order valence-corrected chi connectivity index (χ3v) is 3.12. The van der Waals surface area contributed by atoms with E-state index in [1.807, 2.05) is 47.3 Å². The number of para-hydroxylation sites is 1. The number of hydrogen-bond acceptors (Lipinski definition) is 3. The summed E-state index contributed by atoms with van der Waals surface area (Å²) in [7, 11) is 0. The van der Waals surface area contributed by atoms with E-state index < -0.39 is 0 Å². The van der Waals surface area contributed by atoms with Crippen molar-refractivity contribution in [2.24, 2.45) is 4.99 Å². The van der Waals surface area contributed by atoms with Gasteiger partial charge >= 0.3 is 0 Å². The molecule has 24 heavy (non-hydrogen) atoms. The first-order valence-corrected chi connectivity index (χ1v) is 8.06. The quantitative estimate of drug-likeness (QED) is 0.271. The standard InChI is InChI=1S/C17H25N5O.HI/c1-2-18-17(20-12-14-22-13-6-11-21-22)19-10-7-15-23-16-8-4-3-5-9-16;/h3-6,8-9,11,13H,2,7,10,12,14-15H2,1H3,(H2,18,19,20);1H. The van der Waals surface area contributed by atoms with Crippen molar-refractivity contribution in [3.8, 4) is 5.75 Å². The number of nitrogens with zero attached hydrogens (tertiary/aromatic N) is 3. The zero-order chi connectivity index (χ0) is 16.2. The number of rotatable bonds is 9. The monoisotopic (exact) mass is 443 g/mol. The summed E-state index contributed by atoms with van der Waals surface area (Å²) < 4.78 is 7.55. The Balaban J connectivity index is 0.00000288. The second-order valence-electron chi connectivity index (χ2n) is 4.97. The lowest BCUT2D eigenvalue weighted by Crippen LogP contribution is -2.39. The number of hydrogen-bond donors (Lipinski definition) is 2. The highest BCUT2D eigenvalue weighted by atomic mass is 127. The molecule has 1 aromatic carbocycles. The fourth-order valence-electron chi connectivity index (χ4n) is 2.03. The molecule has 1 heterocycles. The van der Waals surface area contributed by atoms with E-state index in [-0.39, 0.29) is 24.0 Å². The van der Waals surface area contributed by atoms with Crippen molar-refractivity contribution in [1.29, 1.82) is 0 Å². The molecule has 0 saturated carbocycles. The van der Waals surface area contributed by atoms with Gasteiger partial charge in [0.15, 0.2) is 5.96 Å². The fraction of sp³-hybridized carbons (Fsp3) is 0.412. The molecule has 1 aromatic heterocycles. The minimum atomic E-state index is 0. The maximum Gasteiger partial charge on any atom is 0.191 e. The van der Waals surface area contributed by atoms with E-state index in [1.165, 1.54) is 0 Å². The Kier molecular flexibility index (Phi) is 10.7. The van der Waals surface area contributed by atoms with Crippen LogP contribution in [0.25, 0.3) is 0 Å². The molecule has 132 valence electrons. The van der Waals surface area contributed by atoms with E-state index in [0.717, 1.165) is 44.3 Å². The Morgan fingerprint density at radius 3 is 2.75 bits per heavy atom. The first-order chi connectivity index (χ1) is 11.4. The molecule has 0 unspecified atom stereocenters. The molecular weight excluding hydrogens is 417 g/mol. The average Bonchev–Trinajstić information content (AvgIpc) is 3.09. The van der Waals surface area contributed by atoms with E-state index in [0.29, 0.717) is 6.61 Å². The van der Waals surface area contributed by atoms with E-state index in [1.54, 1.807) is 6.20 Å². The Bertz CT molecular complexity index is 560. The molecule has 0 aliphatic heterocycles. The zero-order valence-corrected chi connectivity index (χ0v) is 16.3. The minimum absolute atomic E-state index is 0. The van der Waals surface area contributed by atoms with Crippen LogP contribution in [0.5, 0.6) is 5.75 Å². The van der Waals surface area contributed by atoms with Crippen LogP contribution >= 0.6 is 24.0 Å². The number of aromatic nitrogens is 2. The number of ether oxygens (including phenoxy) is 1. The number of aliphatic imine (C=N–C) groups is 1. The van der Waals surface area contributed by atoms with Crippen LogP contribution in [0.15, 0.2) is 53.8 Å². The average molecular weight is 443 g/mol. The molecule has 0 bridgehead atoms. The summed E-state index contributed by atoms with van der Waals surface area (Å²) in [4.78, 5) is 4.55. The fourth-order valence-corrected chi connectivity index (χ4v) is 2.03. The van der Waals surface area contributed by atoms with Gasteiger partial charge in [-0.15, -0.1) is 24.0 Å². The predicted molar refractivity (Wildman–Crippen MR) is 108 cm³/mol. The molecule has 2 aromatic rings. The van der Waals surface area contributed by atoms with Crippen LogP contribution in [0, 0.1) is 0 Å². The SMILES string of the molecule is CCNC(=NCCCOc1ccccc1)NCCn1cccn1.I. The van der Waals surface area contributed by atoms with E-state index in [4.69, 9.17) is 4.74 Å². The molecule has 2 rings (SSSR count). The van der Waals surface area contributed by atoms with Crippen molar-refractivity contribution in [2.45, 2.75) is 19.9 Å². The lowest BCUT2D eigenvalue weighted by Gasteiger charge is -2.11. The molecule has 0 aliphatic rings. The smallest absolute Gasteiger partial charge is 0.191 e. The molecule has 0 atom stereocenters. The lowest BCUT2D eigenvalue weighted by atomic mass is 10.3. The van der Waals surface area contributed by atoms with Crippen LogP contribution in [0.1, 0.15) is 13.3 Å². The summed E-state index contributed by atoms with van der Waals surface area (Å²) in [6.45, 7) is 5.89. The van der Waals surface area contributed by atoms with Gasteiger partial charge in [0.05, 0.1) is 13.2 Å². The molecule has 0 amide bonds. The third kappa shape index (κ3) is 8.19. The summed E-state index contributed by atoms with van der Waals surface area (Å²) >= 11 is 0. The van der Waals surface area contributed by atoms with Gasteiger partial charge in [-0.1, -0.05) is 18.2 Å². The Hall–Kier alpha value is -1.77. The second kappa shape index (κ2) is 12.6.